The number of nitrogens with zero attached hydrogens (tertiary/aromatic N) is 2. The SMILES string of the molecule is O=C(C1CCCC1)N1CCN(C(=O)C2CNNC2c2ccc(Cl)cc2)CC1. The Labute approximate surface area is 165 Å². The molecule has 2 unspecified atom stereocenters. The molecule has 1 aromatic rings. The third kappa shape index (κ3) is 3.98. The maximum absolute atomic E-state index is 13.1. The van der Waals surface area contributed by atoms with Crippen LogP contribution in [0.4, 0.5) is 0 Å². The van der Waals surface area contributed by atoms with Gasteiger partial charge in [-0.1, -0.05) is 36.6 Å². The van der Waals surface area contributed by atoms with Crippen molar-refractivity contribution in [2.75, 3.05) is 32.7 Å². The molecule has 1 aliphatic carbocycles. The normalized spacial score (nSPS) is 26.6. The van der Waals surface area contributed by atoms with Crippen molar-refractivity contribution in [3.63, 3.8) is 0 Å². The Hall–Kier alpha value is -1.63. The predicted octanol–water partition coefficient (Wildman–Crippen LogP) is 1.97. The van der Waals surface area contributed by atoms with Gasteiger partial charge in [-0.3, -0.25) is 15.0 Å². The third-order valence-corrected chi connectivity index (χ3v) is 6.39. The number of hydrogen-bond donors (Lipinski definition) is 2. The average molecular weight is 391 g/mol. The van der Waals surface area contributed by atoms with Crippen molar-refractivity contribution in [2.24, 2.45) is 11.8 Å². The molecule has 27 heavy (non-hydrogen) atoms. The minimum Gasteiger partial charge on any atom is -0.339 e. The fourth-order valence-electron chi connectivity index (χ4n) is 4.53. The molecule has 0 spiro atoms. The molecule has 3 aliphatic rings. The van der Waals surface area contributed by atoms with Crippen LogP contribution in [0, 0.1) is 11.8 Å². The summed E-state index contributed by atoms with van der Waals surface area (Å²) in [6, 6.07) is 7.57. The van der Waals surface area contributed by atoms with Gasteiger partial charge in [-0.2, -0.15) is 0 Å². The highest BCUT2D eigenvalue weighted by atomic mass is 35.5. The van der Waals surface area contributed by atoms with Crippen molar-refractivity contribution in [2.45, 2.75) is 31.7 Å². The molecule has 2 amide bonds. The zero-order chi connectivity index (χ0) is 18.8. The van der Waals surface area contributed by atoms with E-state index in [4.69, 9.17) is 11.6 Å². The van der Waals surface area contributed by atoms with E-state index in [1.807, 2.05) is 34.1 Å². The molecule has 1 aromatic carbocycles. The van der Waals surface area contributed by atoms with Gasteiger partial charge in [-0.25, -0.2) is 5.43 Å². The van der Waals surface area contributed by atoms with E-state index in [2.05, 4.69) is 10.9 Å². The number of halogens is 1. The zero-order valence-electron chi connectivity index (χ0n) is 15.5. The lowest BCUT2D eigenvalue weighted by molar-refractivity contribution is -0.144. The van der Waals surface area contributed by atoms with Gasteiger partial charge in [-0.15, -0.1) is 0 Å². The molecule has 7 heteroatoms. The van der Waals surface area contributed by atoms with E-state index < -0.39 is 0 Å². The van der Waals surface area contributed by atoms with Crippen LogP contribution in [0.15, 0.2) is 24.3 Å². The summed E-state index contributed by atoms with van der Waals surface area (Å²) in [5, 5.41) is 0.690. The Morgan fingerprint density at radius 2 is 1.52 bits per heavy atom. The van der Waals surface area contributed by atoms with Gasteiger partial charge in [-0.05, 0) is 30.5 Å². The van der Waals surface area contributed by atoms with Crippen LogP contribution < -0.4 is 10.9 Å². The van der Waals surface area contributed by atoms with Crippen LogP contribution in [-0.4, -0.2) is 54.3 Å². The van der Waals surface area contributed by atoms with Crippen LogP contribution in [0.3, 0.4) is 0 Å². The van der Waals surface area contributed by atoms with Gasteiger partial charge in [0.15, 0.2) is 0 Å². The molecule has 1 saturated carbocycles. The van der Waals surface area contributed by atoms with Crippen LogP contribution in [0.25, 0.3) is 0 Å². The van der Waals surface area contributed by atoms with Crippen molar-refractivity contribution in [1.29, 1.82) is 0 Å². The van der Waals surface area contributed by atoms with E-state index >= 15 is 0 Å². The second-order valence-corrected chi connectivity index (χ2v) is 8.23. The van der Waals surface area contributed by atoms with E-state index in [0.717, 1.165) is 18.4 Å². The summed E-state index contributed by atoms with van der Waals surface area (Å²) in [6.45, 7) is 3.16. The minimum atomic E-state index is -0.150. The molecule has 3 fully saturated rings. The summed E-state index contributed by atoms with van der Waals surface area (Å²) < 4.78 is 0. The maximum atomic E-state index is 13.1. The second kappa shape index (κ2) is 8.17. The number of amides is 2. The Morgan fingerprint density at radius 1 is 0.926 bits per heavy atom. The molecule has 146 valence electrons. The van der Waals surface area contributed by atoms with Gasteiger partial charge in [0, 0.05) is 43.7 Å². The fraction of sp³-hybridized carbons (Fsp3) is 0.600. The van der Waals surface area contributed by atoms with Crippen LogP contribution in [0.1, 0.15) is 37.3 Å². The molecule has 0 bridgehead atoms. The maximum Gasteiger partial charge on any atom is 0.229 e. The molecule has 2 atom stereocenters. The lowest BCUT2D eigenvalue weighted by atomic mass is 9.93. The van der Waals surface area contributed by atoms with Crippen LogP contribution in [0.5, 0.6) is 0 Å². The Bertz CT molecular complexity index is 682. The Kier molecular flexibility index (Phi) is 5.66. The van der Waals surface area contributed by atoms with Crippen LogP contribution in [0.2, 0.25) is 5.02 Å². The number of rotatable bonds is 3. The predicted molar refractivity (Wildman–Crippen MR) is 104 cm³/mol. The van der Waals surface area contributed by atoms with Gasteiger partial charge in [0.2, 0.25) is 11.8 Å². The van der Waals surface area contributed by atoms with Gasteiger partial charge in [0.25, 0.3) is 0 Å². The lowest BCUT2D eigenvalue weighted by Gasteiger charge is -2.37. The van der Waals surface area contributed by atoms with Crippen molar-refractivity contribution < 1.29 is 9.59 Å². The van der Waals surface area contributed by atoms with Crippen molar-refractivity contribution in [1.82, 2.24) is 20.7 Å². The van der Waals surface area contributed by atoms with Crippen LogP contribution >= 0.6 is 11.6 Å². The minimum absolute atomic E-state index is 0.0621. The summed E-state index contributed by atoms with van der Waals surface area (Å²) in [4.78, 5) is 29.6. The molecule has 2 heterocycles. The average Bonchev–Trinajstić information content (AvgIpc) is 3.40. The van der Waals surface area contributed by atoms with E-state index in [9.17, 15) is 9.59 Å². The first-order valence-corrected chi connectivity index (χ1v) is 10.3. The first-order chi connectivity index (χ1) is 13.1. The second-order valence-electron chi connectivity index (χ2n) is 7.79. The molecule has 6 nitrogen and oxygen atoms in total. The van der Waals surface area contributed by atoms with Crippen molar-refractivity contribution >= 4 is 23.4 Å². The highest BCUT2D eigenvalue weighted by molar-refractivity contribution is 6.30. The molecule has 0 radical (unpaired) electrons. The zero-order valence-corrected chi connectivity index (χ0v) is 16.3. The molecule has 0 aromatic heterocycles. The molecule has 2 saturated heterocycles. The smallest absolute Gasteiger partial charge is 0.229 e. The molecule has 4 rings (SSSR count). The number of piperazine rings is 1. The van der Waals surface area contributed by atoms with Gasteiger partial charge in [0.1, 0.15) is 0 Å². The van der Waals surface area contributed by atoms with E-state index in [-0.39, 0.29) is 23.8 Å². The largest absolute Gasteiger partial charge is 0.339 e. The van der Waals surface area contributed by atoms with E-state index in [0.29, 0.717) is 43.7 Å². The Morgan fingerprint density at radius 3 is 2.15 bits per heavy atom. The number of carbonyl (C=O) groups excluding carboxylic acids is 2. The Balaban J connectivity index is 1.35. The standard InChI is InChI=1S/C20H27ClN4O2/c21-16-7-5-14(6-8-16)18-17(13-22-23-18)20(27)25-11-9-24(10-12-25)19(26)15-3-1-2-4-15/h5-8,15,17-18,22-23H,1-4,9-13H2. The topological polar surface area (TPSA) is 64.7 Å². The third-order valence-electron chi connectivity index (χ3n) is 6.14. The summed E-state index contributed by atoms with van der Waals surface area (Å²) in [6.07, 6.45) is 4.39. The van der Waals surface area contributed by atoms with Gasteiger partial charge in [0.05, 0.1) is 12.0 Å². The van der Waals surface area contributed by atoms with Crippen LogP contribution in [-0.2, 0) is 9.59 Å². The lowest BCUT2D eigenvalue weighted by Crippen LogP contribution is -2.53. The highest BCUT2D eigenvalue weighted by Gasteiger charge is 2.38. The highest BCUT2D eigenvalue weighted by Crippen LogP contribution is 2.29. The van der Waals surface area contributed by atoms with Crippen molar-refractivity contribution in [3.8, 4) is 0 Å². The number of hydrazine groups is 1. The number of carbonyl (C=O) groups is 2. The van der Waals surface area contributed by atoms with Gasteiger partial charge >= 0.3 is 0 Å². The molecule has 2 N–H and O–H groups in total. The summed E-state index contributed by atoms with van der Waals surface area (Å²) >= 11 is 5.98. The van der Waals surface area contributed by atoms with E-state index in [1.54, 1.807) is 0 Å². The quantitative estimate of drug-likeness (QED) is 0.828. The summed E-state index contributed by atoms with van der Waals surface area (Å²) in [7, 11) is 0. The summed E-state index contributed by atoms with van der Waals surface area (Å²) in [5.41, 5.74) is 7.40. The fourth-order valence-corrected chi connectivity index (χ4v) is 4.65. The number of hydrogen-bond acceptors (Lipinski definition) is 4. The number of nitrogens with one attached hydrogen (secondary N) is 2. The first kappa shape index (κ1) is 18.7. The summed E-state index contributed by atoms with van der Waals surface area (Å²) in [5.74, 6) is 0.510. The van der Waals surface area contributed by atoms with Gasteiger partial charge < -0.3 is 9.80 Å². The number of benzene rings is 1. The van der Waals surface area contributed by atoms with Crippen molar-refractivity contribution in [3.05, 3.63) is 34.9 Å². The monoisotopic (exact) mass is 390 g/mol. The molecular formula is C20H27ClN4O2. The first-order valence-electron chi connectivity index (χ1n) is 9.95. The van der Waals surface area contributed by atoms with E-state index in [1.165, 1.54) is 12.8 Å². The molecule has 2 aliphatic heterocycles. The molecular weight excluding hydrogens is 364 g/mol.